The summed E-state index contributed by atoms with van der Waals surface area (Å²) < 4.78 is 28.9. The third-order valence-corrected chi connectivity index (χ3v) is 7.12. The lowest BCUT2D eigenvalue weighted by Crippen LogP contribution is -2.48. The number of piperazine rings is 1. The van der Waals surface area contributed by atoms with Crippen molar-refractivity contribution in [3.63, 3.8) is 0 Å². The van der Waals surface area contributed by atoms with E-state index in [1.807, 2.05) is 14.0 Å². The maximum Gasteiger partial charge on any atom is 0.262 e. The Bertz CT molecular complexity index is 900. The molecule has 0 unspecified atom stereocenters. The molecular formula is C18H26ClN5O2S. The van der Waals surface area contributed by atoms with Crippen LogP contribution in [0.3, 0.4) is 0 Å². The standard InChI is InChI=1S/C18H25N5O2S.ClH/c1-14-20-17(13-21(14)2)26(24,25)23-10-8-22(9-11-23)12-16-5-3-4-15-6-7-19-18(15)16;/h3-5,13,19H,6-12H2,1-2H3;1H. The van der Waals surface area contributed by atoms with Gasteiger partial charge in [-0.1, -0.05) is 18.2 Å². The number of hydrogen-bond donors (Lipinski definition) is 1. The highest BCUT2D eigenvalue weighted by Crippen LogP contribution is 2.28. The van der Waals surface area contributed by atoms with E-state index in [1.165, 1.54) is 16.8 Å². The predicted octanol–water partition coefficient (Wildman–Crippen LogP) is 1.62. The number of nitrogens with one attached hydrogen (secondary N) is 1. The van der Waals surface area contributed by atoms with E-state index in [9.17, 15) is 8.42 Å². The van der Waals surface area contributed by atoms with Crippen LogP contribution < -0.4 is 5.32 Å². The normalized spacial score (nSPS) is 18.0. The number of aromatic nitrogens is 2. The first kappa shape index (κ1) is 20.1. The second kappa shape index (κ2) is 7.79. The maximum atomic E-state index is 12.8. The van der Waals surface area contributed by atoms with Crippen LogP contribution in [0.25, 0.3) is 0 Å². The Labute approximate surface area is 166 Å². The molecule has 0 saturated carbocycles. The van der Waals surface area contributed by atoms with Crippen molar-refractivity contribution in [3.8, 4) is 0 Å². The molecular weight excluding hydrogens is 386 g/mol. The summed E-state index contributed by atoms with van der Waals surface area (Å²) in [7, 11) is -1.70. The number of imidazole rings is 1. The van der Waals surface area contributed by atoms with Crippen molar-refractivity contribution in [1.29, 1.82) is 0 Å². The highest BCUT2D eigenvalue weighted by Gasteiger charge is 2.31. The molecule has 7 nitrogen and oxygen atoms in total. The zero-order valence-electron chi connectivity index (χ0n) is 15.7. The van der Waals surface area contributed by atoms with Crippen LogP contribution in [-0.4, -0.2) is 59.9 Å². The summed E-state index contributed by atoms with van der Waals surface area (Å²) in [5, 5.41) is 3.63. The zero-order chi connectivity index (χ0) is 18.3. The Kier molecular flexibility index (Phi) is 5.81. The highest BCUT2D eigenvalue weighted by molar-refractivity contribution is 7.89. The lowest BCUT2D eigenvalue weighted by Gasteiger charge is -2.33. The minimum atomic E-state index is -3.51. The van der Waals surface area contributed by atoms with Crippen LogP contribution >= 0.6 is 12.4 Å². The maximum absolute atomic E-state index is 12.8. The molecule has 0 aliphatic carbocycles. The Balaban J connectivity index is 0.00000210. The fourth-order valence-corrected chi connectivity index (χ4v) is 5.14. The molecule has 1 aromatic carbocycles. The van der Waals surface area contributed by atoms with Crippen molar-refractivity contribution in [2.45, 2.75) is 24.9 Å². The molecule has 1 fully saturated rings. The summed E-state index contributed by atoms with van der Waals surface area (Å²) in [6.07, 6.45) is 2.68. The number of rotatable bonds is 4. The van der Waals surface area contributed by atoms with Crippen LogP contribution in [0.4, 0.5) is 5.69 Å². The van der Waals surface area contributed by atoms with Crippen molar-refractivity contribution in [1.82, 2.24) is 18.8 Å². The molecule has 1 aromatic heterocycles. The van der Waals surface area contributed by atoms with E-state index in [-0.39, 0.29) is 17.4 Å². The number of fused-ring (bicyclic) bond motifs is 1. The Hall–Kier alpha value is -1.61. The van der Waals surface area contributed by atoms with Crippen molar-refractivity contribution in [2.75, 3.05) is 38.0 Å². The average molecular weight is 412 g/mol. The highest BCUT2D eigenvalue weighted by atomic mass is 35.5. The molecule has 9 heteroatoms. The first-order valence-corrected chi connectivity index (χ1v) is 10.5. The van der Waals surface area contributed by atoms with Gasteiger partial charge in [0, 0.05) is 58.2 Å². The summed E-state index contributed by atoms with van der Waals surface area (Å²) in [6, 6.07) is 6.46. The van der Waals surface area contributed by atoms with Gasteiger partial charge in [-0.15, -0.1) is 12.4 Å². The molecule has 2 aromatic rings. The monoisotopic (exact) mass is 411 g/mol. The van der Waals surface area contributed by atoms with Gasteiger partial charge in [0.1, 0.15) is 5.82 Å². The predicted molar refractivity (Wildman–Crippen MR) is 108 cm³/mol. The quantitative estimate of drug-likeness (QED) is 0.827. The number of halogens is 1. The Morgan fingerprint density at radius 1 is 1.19 bits per heavy atom. The van der Waals surface area contributed by atoms with E-state index in [2.05, 4.69) is 33.4 Å². The first-order valence-electron chi connectivity index (χ1n) is 9.02. The topological polar surface area (TPSA) is 70.5 Å². The summed E-state index contributed by atoms with van der Waals surface area (Å²) in [5.74, 6) is 0.702. The minimum absolute atomic E-state index is 0. The van der Waals surface area contributed by atoms with Gasteiger partial charge in [-0.2, -0.15) is 4.31 Å². The molecule has 1 saturated heterocycles. The molecule has 3 heterocycles. The number of anilines is 1. The van der Waals surface area contributed by atoms with Gasteiger partial charge in [0.25, 0.3) is 10.0 Å². The molecule has 0 amide bonds. The number of sulfonamides is 1. The van der Waals surface area contributed by atoms with Gasteiger partial charge in [0.15, 0.2) is 5.03 Å². The molecule has 4 rings (SSSR count). The van der Waals surface area contributed by atoms with E-state index < -0.39 is 10.0 Å². The Morgan fingerprint density at radius 3 is 2.59 bits per heavy atom. The second-order valence-corrected chi connectivity index (χ2v) is 8.93. The molecule has 1 N–H and O–H groups in total. The van der Waals surface area contributed by atoms with E-state index in [0.29, 0.717) is 18.9 Å². The number of nitrogens with zero attached hydrogens (tertiary/aromatic N) is 4. The first-order chi connectivity index (χ1) is 12.4. The van der Waals surface area contributed by atoms with Gasteiger partial charge in [-0.05, 0) is 24.5 Å². The van der Waals surface area contributed by atoms with Crippen molar-refractivity contribution >= 4 is 28.1 Å². The molecule has 0 bridgehead atoms. The van der Waals surface area contributed by atoms with E-state index >= 15 is 0 Å². The molecule has 27 heavy (non-hydrogen) atoms. The van der Waals surface area contributed by atoms with Gasteiger partial charge in [0.2, 0.25) is 0 Å². The Morgan fingerprint density at radius 2 is 1.93 bits per heavy atom. The van der Waals surface area contributed by atoms with Crippen molar-refractivity contribution in [2.24, 2.45) is 7.05 Å². The second-order valence-electron chi connectivity index (χ2n) is 7.05. The summed E-state index contributed by atoms with van der Waals surface area (Å²) >= 11 is 0. The zero-order valence-corrected chi connectivity index (χ0v) is 17.3. The van der Waals surface area contributed by atoms with Gasteiger partial charge in [0.05, 0.1) is 0 Å². The minimum Gasteiger partial charge on any atom is -0.384 e. The molecule has 0 spiro atoms. The lowest BCUT2D eigenvalue weighted by atomic mass is 10.1. The largest absolute Gasteiger partial charge is 0.384 e. The van der Waals surface area contributed by atoms with Crippen LogP contribution in [-0.2, 0) is 30.0 Å². The van der Waals surface area contributed by atoms with E-state index in [1.54, 1.807) is 15.1 Å². The lowest BCUT2D eigenvalue weighted by molar-refractivity contribution is 0.181. The molecule has 0 atom stereocenters. The summed E-state index contributed by atoms with van der Waals surface area (Å²) in [6.45, 7) is 6.13. The molecule has 2 aliphatic rings. The van der Waals surface area contributed by atoms with E-state index in [4.69, 9.17) is 0 Å². The third kappa shape index (κ3) is 3.85. The van der Waals surface area contributed by atoms with Crippen molar-refractivity contribution in [3.05, 3.63) is 41.3 Å². The van der Waals surface area contributed by atoms with Gasteiger partial charge < -0.3 is 9.88 Å². The smallest absolute Gasteiger partial charge is 0.262 e. The van der Waals surface area contributed by atoms with Crippen LogP contribution in [0, 0.1) is 6.92 Å². The van der Waals surface area contributed by atoms with Crippen molar-refractivity contribution < 1.29 is 8.42 Å². The SMILES string of the molecule is Cc1nc(S(=O)(=O)N2CCN(Cc3cccc4c3NCC4)CC2)cn1C.Cl. The third-order valence-electron chi connectivity index (χ3n) is 5.35. The molecule has 148 valence electrons. The summed E-state index contributed by atoms with van der Waals surface area (Å²) in [4.78, 5) is 6.52. The van der Waals surface area contributed by atoms with Crippen LogP contribution in [0.1, 0.15) is 17.0 Å². The van der Waals surface area contributed by atoms with Crippen LogP contribution in [0.5, 0.6) is 0 Å². The average Bonchev–Trinajstić information content (AvgIpc) is 3.23. The van der Waals surface area contributed by atoms with Gasteiger partial charge >= 0.3 is 0 Å². The van der Waals surface area contributed by atoms with Crippen LogP contribution in [0.2, 0.25) is 0 Å². The fourth-order valence-electron chi connectivity index (χ4n) is 3.69. The van der Waals surface area contributed by atoms with E-state index in [0.717, 1.165) is 32.6 Å². The number of hydrogen-bond acceptors (Lipinski definition) is 5. The van der Waals surface area contributed by atoms with Gasteiger partial charge in [-0.3, -0.25) is 4.90 Å². The number of para-hydroxylation sites is 1. The fraction of sp³-hybridized carbons (Fsp3) is 0.500. The molecule has 2 aliphatic heterocycles. The number of aryl methyl sites for hydroxylation is 2. The number of benzene rings is 1. The van der Waals surface area contributed by atoms with Gasteiger partial charge in [-0.25, -0.2) is 13.4 Å². The summed E-state index contributed by atoms with van der Waals surface area (Å²) in [5.41, 5.74) is 3.96. The molecule has 0 radical (unpaired) electrons. The van der Waals surface area contributed by atoms with Crippen LogP contribution in [0.15, 0.2) is 29.4 Å².